The van der Waals surface area contributed by atoms with E-state index in [9.17, 15) is 9.59 Å². The number of piperidine rings is 1. The van der Waals surface area contributed by atoms with Gasteiger partial charge in [0.1, 0.15) is 0 Å². The second kappa shape index (κ2) is 7.99. The van der Waals surface area contributed by atoms with Crippen LogP contribution in [0.2, 0.25) is 10.0 Å². The molecule has 0 spiro atoms. The lowest BCUT2D eigenvalue weighted by Crippen LogP contribution is -2.44. The van der Waals surface area contributed by atoms with Crippen LogP contribution in [0, 0.1) is 5.92 Å². The van der Waals surface area contributed by atoms with E-state index in [0.29, 0.717) is 29.6 Å². The SMILES string of the molecule is CN(Cc1ccc(Cl)c(Cl)c1)C(=O)CN1CCCC(C(=O)O)C1. The minimum Gasteiger partial charge on any atom is -0.481 e. The number of benzene rings is 1. The molecule has 1 unspecified atom stereocenters. The molecule has 0 radical (unpaired) electrons. The first kappa shape index (κ1) is 18.0. The summed E-state index contributed by atoms with van der Waals surface area (Å²) in [7, 11) is 1.73. The van der Waals surface area contributed by atoms with E-state index in [1.54, 1.807) is 24.1 Å². The number of hydrogen-bond donors (Lipinski definition) is 1. The zero-order chi connectivity index (χ0) is 17.0. The normalized spacial score (nSPS) is 18.7. The molecule has 1 amide bonds. The number of nitrogens with zero attached hydrogens (tertiary/aromatic N) is 2. The molecule has 0 saturated carbocycles. The molecule has 1 aromatic rings. The molecule has 1 N–H and O–H groups in total. The Bertz CT molecular complexity index is 595. The van der Waals surface area contributed by atoms with Gasteiger partial charge in [-0.3, -0.25) is 14.5 Å². The number of likely N-dealkylation sites (N-methyl/N-ethyl adjacent to an activating group) is 1. The number of carbonyl (C=O) groups is 2. The van der Waals surface area contributed by atoms with Crippen LogP contribution in [0.15, 0.2) is 18.2 Å². The Labute approximate surface area is 145 Å². The summed E-state index contributed by atoms with van der Waals surface area (Å²) >= 11 is 11.9. The number of halogens is 2. The Kier molecular flexibility index (Phi) is 6.27. The molecular formula is C16H20Cl2N2O3. The number of hydrogen-bond acceptors (Lipinski definition) is 3. The molecule has 2 rings (SSSR count). The van der Waals surface area contributed by atoms with Crippen LogP contribution in [0.1, 0.15) is 18.4 Å². The molecule has 1 heterocycles. The molecule has 0 aromatic heterocycles. The van der Waals surface area contributed by atoms with E-state index < -0.39 is 5.97 Å². The Morgan fingerprint density at radius 3 is 2.74 bits per heavy atom. The first-order chi connectivity index (χ1) is 10.9. The maximum atomic E-state index is 12.3. The summed E-state index contributed by atoms with van der Waals surface area (Å²) in [5, 5.41) is 10.0. The van der Waals surface area contributed by atoms with E-state index in [1.165, 1.54) is 0 Å². The second-order valence-corrected chi connectivity index (χ2v) is 6.73. The van der Waals surface area contributed by atoms with Crippen molar-refractivity contribution in [2.45, 2.75) is 19.4 Å². The molecule has 1 saturated heterocycles. The molecular weight excluding hydrogens is 339 g/mol. The molecule has 1 fully saturated rings. The van der Waals surface area contributed by atoms with Gasteiger partial charge in [0.15, 0.2) is 0 Å². The Morgan fingerprint density at radius 1 is 1.35 bits per heavy atom. The molecule has 5 nitrogen and oxygen atoms in total. The quantitative estimate of drug-likeness (QED) is 0.878. The summed E-state index contributed by atoms with van der Waals surface area (Å²) in [6.45, 7) is 1.87. The molecule has 7 heteroatoms. The van der Waals surface area contributed by atoms with Crippen molar-refractivity contribution in [3.63, 3.8) is 0 Å². The Balaban J connectivity index is 1.89. The third-order valence-electron chi connectivity index (χ3n) is 4.04. The predicted molar refractivity (Wildman–Crippen MR) is 89.7 cm³/mol. The van der Waals surface area contributed by atoms with E-state index in [4.69, 9.17) is 28.3 Å². The highest BCUT2D eigenvalue weighted by Crippen LogP contribution is 2.23. The molecule has 126 valence electrons. The number of rotatable bonds is 5. The first-order valence-electron chi connectivity index (χ1n) is 7.50. The van der Waals surface area contributed by atoms with Crippen LogP contribution >= 0.6 is 23.2 Å². The number of carbonyl (C=O) groups excluding carboxylic acids is 1. The lowest BCUT2D eigenvalue weighted by Gasteiger charge is -2.31. The fourth-order valence-corrected chi connectivity index (χ4v) is 3.03. The van der Waals surface area contributed by atoms with Crippen molar-refractivity contribution in [1.29, 1.82) is 0 Å². The van der Waals surface area contributed by atoms with Crippen molar-refractivity contribution in [2.24, 2.45) is 5.92 Å². The van der Waals surface area contributed by atoms with Gasteiger partial charge in [0.05, 0.1) is 22.5 Å². The molecule has 0 bridgehead atoms. The van der Waals surface area contributed by atoms with Gasteiger partial charge in [-0.1, -0.05) is 29.3 Å². The highest BCUT2D eigenvalue weighted by molar-refractivity contribution is 6.42. The highest BCUT2D eigenvalue weighted by atomic mass is 35.5. The summed E-state index contributed by atoms with van der Waals surface area (Å²) in [5.74, 6) is -1.20. The van der Waals surface area contributed by atoms with Gasteiger partial charge in [0.25, 0.3) is 0 Å². The van der Waals surface area contributed by atoms with Crippen LogP contribution in [0.5, 0.6) is 0 Å². The lowest BCUT2D eigenvalue weighted by atomic mass is 9.98. The van der Waals surface area contributed by atoms with Crippen LogP contribution in [-0.2, 0) is 16.1 Å². The summed E-state index contributed by atoms with van der Waals surface area (Å²) in [5.41, 5.74) is 0.900. The number of carboxylic acid groups (broad SMARTS) is 1. The van der Waals surface area contributed by atoms with Gasteiger partial charge >= 0.3 is 5.97 Å². The van der Waals surface area contributed by atoms with Crippen LogP contribution in [0.3, 0.4) is 0 Å². The van der Waals surface area contributed by atoms with Crippen LogP contribution < -0.4 is 0 Å². The van der Waals surface area contributed by atoms with E-state index in [1.807, 2.05) is 11.0 Å². The second-order valence-electron chi connectivity index (χ2n) is 5.91. The van der Waals surface area contributed by atoms with E-state index in [-0.39, 0.29) is 18.4 Å². The summed E-state index contributed by atoms with van der Waals surface area (Å²) in [6, 6.07) is 5.29. The highest BCUT2D eigenvalue weighted by Gasteiger charge is 2.27. The average Bonchev–Trinajstić information content (AvgIpc) is 2.51. The van der Waals surface area contributed by atoms with Gasteiger partial charge in [-0.05, 0) is 37.1 Å². The maximum absolute atomic E-state index is 12.3. The third-order valence-corrected chi connectivity index (χ3v) is 4.78. The van der Waals surface area contributed by atoms with E-state index in [2.05, 4.69) is 0 Å². The van der Waals surface area contributed by atoms with Crippen LogP contribution in [0.25, 0.3) is 0 Å². The molecule has 1 aromatic carbocycles. The van der Waals surface area contributed by atoms with E-state index in [0.717, 1.165) is 18.5 Å². The minimum absolute atomic E-state index is 0.0397. The molecule has 1 aliphatic rings. The average molecular weight is 359 g/mol. The van der Waals surface area contributed by atoms with Gasteiger partial charge in [-0.2, -0.15) is 0 Å². The number of likely N-dealkylation sites (tertiary alicyclic amines) is 1. The molecule has 1 atom stereocenters. The fraction of sp³-hybridized carbons (Fsp3) is 0.500. The number of aliphatic carboxylic acids is 1. The van der Waals surface area contributed by atoms with Crippen molar-refractivity contribution in [3.05, 3.63) is 33.8 Å². The molecule has 23 heavy (non-hydrogen) atoms. The standard InChI is InChI=1S/C16H20Cl2N2O3/c1-19(8-11-4-5-13(17)14(18)7-11)15(21)10-20-6-2-3-12(9-20)16(22)23/h4-5,7,12H,2-3,6,8-10H2,1H3,(H,22,23). The summed E-state index contributed by atoms with van der Waals surface area (Å²) < 4.78 is 0. The van der Waals surface area contributed by atoms with E-state index >= 15 is 0 Å². The van der Waals surface area contributed by atoms with Gasteiger partial charge in [0, 0.05) is 20.1 Å². The molecule has 0 aliphatic carbocycles. The predicted octanol–water partition coefficient (Wildman–Crippen LogP) is 2.75. The van der Waals surface area contributed by atoms with Crippen LogP contribution in [-0.4, -0.2) is 53.5 Å². The Morgan fingerprint density at radius 2 is 2.09 bits per heavy atom. The van der Waals surface area contributed by atoms with Crippen molar-refractivity contribution in [2.75, 3.05) is 26.7 Å². The van der Waals surface area contributed by atoms with Crippen molar-refractivity contribution in [1.82, 2.24) is 9.80 Å². The van der Waals surface area contributed by atoms with Crippen molar-refractivity contribution in [3.8, 4) is 0 Å². The minimum atomic E-state index is -0.786. The van der Waals surface area contributed by atoms with Crippen LogP contribution in [0.4, 0.5) is 0 Å². The van der Waals surface area contributed by atoms with Gasteiger partial charge in [0.2, 0.25) is 5.91 Å². The third kappa shape index (κ3) is 5.09. The zero-order valence-electron chi connectivity index (χ0n) is 13.0. The van der Waals surface area contributed by atoms with Gasteiger partial charge in [-0.15, -0.1) is 0 Å². The summed E-state index contributed by atoms with van der Waals surface area (Å²) in [6.07, 6.45) is 1.49. The molecule has 1 aliphatic heterocycles. The number of carboxylic acids is 1. The number of amides is 1. The Hall–Kier alpha value is -1.30. The maximum Gasteiger partial charge on any atom is 0.307 e. The topological polar surface area (TPSA) is 60.9 Å². The smallest absolute Gasteiger partial charge is 0.307 e. The van der Waals surface area contributed by atoms with Crippen molar-refractivity contribution >= 4 is 35.1 Å². The monoisotopic (exact) mass is 358 g/mol. The fourth-order valence-electron chi connectivity index (χ4n) is 2.71. The largest absolute Gasteiger partial charge is 0.481 e. The first-order valence-corrected chi connectivity index (χ1v) is 8.25. The van der Waals surface area contributed by atoms with Crippen molar-refractivity contribution < 1.29 is 14.7 Å². The van der Waals surface area contributed by atoms with Gasteiger partial charge in [-0.25, -0.2) is 0 Å². The summed E-state index contributed by atoms with van der Waals surface area (Å²) in [4.78, 5) is 26.9. The van der Waals surface area contributed by atoms with Gasteiger partial charge < -0.3 is 10.0 Å². The lowest BCUT2D eigenvalue weighted by molar-refractivity contribution is -0.144. The zero-order valence-corrected chi connectivity index (χ0v) is 14.5.